The van der Waals surface area contributed by atoms with Crippen molar-refractivity contribution in [3.8, 4) is 17.3 Å². The Morgan fingerprint density at radius 3 is 2.59 bits per heavy atom. The molecule has 27 heavy (non-hydrogen) atoms. The highest BCUT2D eigenvalue weighted by Crippen LogP contribution is 2.38. The van der Waals surface area contributed by atoms with Crippen molar-refractivity contribution in [3.63, 3.8) is 0 Å². The lowest BCUT2D eigenvalue weighted by molar-refractivity contribution is -0.137. The summed E-state index contributed by atoms with van der Waals surface area (Å²) < 4.78 is 41.0. The fourth-order valence-electron chi connectivity index (χ4n) is 3.13. The van der Waals surface area contributed by atoms with E-state index in [0.717, 1.165) is 12.1 Å². The molecule has 0 atom stereocenters. The summed E-state index contributed by atoms with van der Waals surface area (Å²) in [6.07, 6.45) is -4.48. The van der Waals surface area contributed by atoms with Gasteiger partial charge in [-0.25, -0.2) is 0 Å². The van der Waals surface area contributed by atoms with Crippen LogP contribution < -0.4 is 5.32 Å². The number of aryl methyl sites for hydroxylation is 1. The average Bonchev–Trinajstić information content (AvgIpc) is 2.93. The van der Waals surface area contributed by atoms with Crippen LogP contribution in [0.2, 0.25) is 0 Å². The lowest BCUT2D eigenvalue weighted by atomic mass is 10.0. The van der Waals surface area contributed by atoms with Crippen molar-refractivity contribution in [2.75, 3.05) is 5.32 Å². The van der Waals surface area contributed by atoms with Crippen LogP contribution in [-0.4, -0.2) is 9.93 Å². The van der Waals surface area contributed by atoms with Gasteiger partial charge >= 0.3 is 11.5 Å². The van der Waals surface area contributed by atoms with Crippen molar-refractivity contribution in [3.05, 3.63) is 53.6 Å². The second kappa shape index (κ2) is 6.97. The van der Waals surface area contributed by atoms with Crippen LogP contribution in [0.5, 0.6) is 0 Å². The van der Waals surface area contributed by atoms with Crippen molar-refractivity contribution < 1.29 is 18.0 Å². The summed E-state index contributed by atoms with van der Waals surface area (Å²) >= 11 is 5.34. The minimum Gasteiger partial charge on any atom is -0.340 e. The van der Waals surface area contributed by atoms with Crippen LogP contribution in [0.4, 0.5) is 23.7 Å². The summed E-state index contributed by atoms with van der Waals surface area (Å²) in [6.45, 7) is 2.15. The third kappa shape index (κ3) is 3.49. The maximum atomic E-state index is 13.1. The van der Waals surface area contributed by atoms with Crippen LogP contribution in [-0.2, 0) is 12.7 Å². The third-order valence-corrected chi connectivity index (χ3v) is 4.29. The number of carbonyl (C=O) groups excluding carboxylic acids is 1. The number of benzene rings is 2. The van der Waals surface area contributed by atoms with E-state index < -0.39 is 17.1 Å². The number of hydrogen-bond donors (Lipinski definition) is 1. The molecule has 2 aromatic carbocycles. The first-order chi connectivity index (χ1) is 12.8. The SMILES string of the molecule is CCn1c(-c2cccc(NC(=O)Cl)c2)c(C#N)c2ccc(C(F)(F)F)cc21. The maximum absolute atomic E-state index is 13.1. The van der Waals surface area contributed by atoms with Crippen LogP contribution >= 0.6 is 11.6 Å². The number of alkyl halides is 3. The van der Waals surface area contributed by atoms with Crippen molar-refractivity contribution in [1.29, 1.82) is 5.26 Å². The molecule has 0 unspecified atom stereocenters. The van der Waals surface area contributed by atoms with Gasteiger partial charge < -0.3 is 9.88 Å². The summed E-state index contributed by atoms with van der Waals surface area (Å²) in [5.41, 5.74) is 1.31. The van der Waals surface area contributed by atoms with E-state index in [0.29, 0.717) is 34.4 Å². The van der Waals surface area contributed by atoms with Gasteiger partial charge in [-0.05, 0) is 42.8 Å². The normalized spacial score (nSPS) is 11.4. The lowest BCUT2D eigenvalue weighted by Crippen LogP contribution is -2.05. The monoisotopic (exact) mass is 391 g/mol. The number of rotatable bonds is 3. The molecule has 1 heterocycles. The van der Waals surface area contributed by atoms with Gasteiger partial charge in [0, 0.05) is 23.2 Å². The molecule has 0 saturated heterocycles. The largest absolute Gasteiger partial charge is 0.416 e. The van der Waals surface area contributed by atoms with Gasteiger partial charge in [-0.3, -0.25) is 4.79 Å². The number of hydrogen-bond acceptors (Lipinski definition) is 2. The van der Waals surface area contributed by atoms with Gasteiger partial charge in [-0.2, -0.15) is 18.4 Å². The molecule has 0 aliphatic heterocycles. The van der Waals surface area contributed by atoms with Gasteiger partial charge in [-0.15, -0.1) is 0 Å². The van der Waals surface area contributed by atoms with Gasteiger partial charge in [-0.1, -0.05) is 18.2 Å². The van der Waals surface area contributed by atoms with E-state index in [1.54, 1.807) is 35.8 Å². The Morgan fingerprint density at radius 1 is 1.26 bits per heavy atom. The number of halogens is 4. The van der Waals surface area contributed by atoms with E-state index in [1.807, 2.05) is 0 Å². The zero-order valence-corrected chi connectivity index (χ0v) is 14.8. The average molecular weight is 392 g/mol. The van der Waals surface area contributed by atoms with Crippen molar-refractivity contribution in [1.82, 2.24) is 4.57 Å². The lowest BCUT2D eigenvalue weighted by Gasteiger charge is -2.11. The fourth-order valence-corrected chi connectivity index (χ4v) is 3.23. The predicted octanol–water partition coefficient (Wildman–Crippen LogP) is 5.99. The standard InChI is InChI=1S/C19H13ClF3N3O/c1-2-26-16-9-12(19(21,22)23)6-7-14(16)15(10-24)17(26)11-4-3-5-13(8-11)25-18(20)27/h3-9H,2H2,1H3,(H,25,27). The number of carbonyl (C=O) groups is 1. The predicted molar refractivity (Wildman–Crippen MR) is 97.6 cm³/mol. The van der Waals surface area contributed by atoms with Gasteiger partial charge in [0.15, 0.2) is 0 Å². The van der Waals surface area contributed by atoms with E-state index in [1.165, 1.54) is 6.07 Å². The highest BCUT2D eigenvalue weighted by molar-refractivity contribution is 6.65. The molecule has 0 radical (unpaired) electrons. The Hall–Kier alpha value is -2.98. The van der Waals surface area contributed by atoms with E-state index in [-0.39, 0.29) is 5.56 Å². The molecule has 0 fully saturated rings. The minimum atomic E-state index is -4.48. The Labute approximate surface area is 157 Å². The van der Waals surface area contributed by atoms with Crippen molar-refractivity contribution in [2.45, 2.75) is 19.6 Å². The molecule has 0 aliphatic carbocycles. The van der Waals surface area contributed by atoms with E-state index in [9.17, 15) is 23.2 Å². The molecular formula is C19H13ClF3N3O. The second-order valence-corrected chi connectivity index (χ2v) is 6.13. The number of fused-ring (bicyclic) bond motifs is 1. The number of aromatic nitrogens is 1. The zero-order chi connectivity index (χ0) is 19.8. The highest BCUT2D eigenvalue weighted by atomic mass is 35.5. The molecule has 0 aliphatic rings. The molecule has 1 amide bonds. The maximum Gasteiger partial charge on any atom is 0.416 e. The van der Waals surface area contributed by atoms with E-state index >= 15 is 0 Å². The number of nitriles is 1. The zero-order valence-electron chi connectivity index (χ0n) is 14.1. The number of amides is 1. The van der Waals surface area contributed by atoms with Crippen LogP contribution in [0.25, 0.3) is 22.2 Å². The number of anilines is 1. The first-order valence-corrected chi connectivity index (χ1v) is 8.34. The van der Waals surface area contributed by atoms with Crippen molar-refractivity contribution >= 4 is 33.6 Å². The summed E-state index contributed by atoms with van der Waals surface area (Å²) in [5.74, 6) is 0. The molecule has 0 spiro atoms. The topological polar surface area (TPSA) is 57.8 Å². The van der Waals surface area contributed by atoms with Crippen LogP contribution in [0.3, 0.4) is 0 Å². The number of nitrogens with zero attached hydrogens (tertiary/aromatic N) is 2. The Bertz CT molecular complexity index is 1080. The molecule has 4 nitrogen and oxygen atoms in total. The fraction of sp³-hybridized carbons (Fsp3) is 0.158. The molecule has 8 heteroatoms. The first-order valence-electron chi connectivity index (χ1n) is 7.96. The molecule has 1 N–H and O–H groups in total. The first kappa shape index (κ1) is 18.8. The Balaban J connectivity index is 2.30. The van der Waals surface area contributed by atoms with Crippen LogP contribution in [0, 0.1) is 11.3 Å². The van der Waals surface area contributed by atoms with Crippen LogP contribution in [0.15, 0.2) is 42.5 Å². The molecule has 3 aromatic rings. The molecule has 0 bridgehead atoms. The molecule has 138 valence electrons. The molecule has 1 aromatic heterocycles. The second-order valence-electron chi connectivity index (χ2n) is 5.79. The summed E-state index contributed by atoms with van der Waals surface area (Å²) in [5, 5.41) is 11.8. The summed E-state index contributed by atoms with van der Waals surface area (Å²) in [6, 6.07) is 12.1. The highest BCUT2D eigenvalue weighted by Gasteiger charge is 2.31. The van der Waals surface area contributed by atoms with Gasteiger partial charge in [0.05, 0.1) is 22.3 Å². The van der Waals surface area contributed by atoms with Gasteiger partial charge in [0.1, 0.15) is 6.07 Å². The van der Waals surface area contributed by atoms with E-state index in [4.69, 9.17) is 11.6 Å². The minimum absolute atomic E-state index is 0.273. The van der Waals surface area contributed by atoms with Crippen molar-refractivity contribution in [2.24, 2.45) is 0 Å². The quantitative estimate of drug-likeness (QED) is 0.440. The van der Waals surface area contributed by atoms with Gasteiger partial charge in [0.2, 0.25) is 0 Å². The molecule has 0 saturated carbocycles. The third-order valence-electron chi connectivity index (χ3n) is 4.20. The summed E-state index contributed by atoms with van der Waals surface area (Å²) in [4.78, 5) is 11.1. The van der Waals surface area contributed by atoms with E-state index in [2.05, 4.69) is 11.4 Å². The summed E-state index contributed by atoms with van der Waals surface area (Å²) in [7, 11) is 0. The smallest absolute Gasteiger partial charge is 0.340 e. The van der Waals surface area contributed by atoms with Crippen LogP contribution in [0.1, 0.15) is 18.1 Å². The Kier molecular flexibility index (Phi) is 4.85. The molecule has 3 rings (SSSR count). The Morgan fingerprint density at radius 2 is 2.00 bits per heavy atom. The molecular weight excluding hydrogens is 379 g/mol. The number of nitrogens with one attached hydrogen (secondary N) is 1. The van der Waals surface area contributed by atoms with Gasteiger partial charge in [0.25, 0.3) is 0 Å².